The minimum absolute atomic E-state index is 0.206. The normalized spacial score (nSPS) is 21.3. The number of nitrogens with zero attached hydrogens (tertiary/aromatic N) is 2. The van der Waals surface area contributed by atoms with Crippen LogP contribution < -0.4 is 0 Å². The Kier molecular flexibility index (Phi) is 6.70. The Morgan fingerprint density at radius 3 is 2.29 bits per heavy atom. The van der Waals surface area contributed by atoms with Gasteiger partial charge in [-0.1, -0.05) is 66.5 Å². The number of hydroxylamine groups is 2. The number of benzene rings is 3. The number of Topliss-reactive ketones (excluding diaryl/α,β-unsaturated/α-hetero) is 1. The van der Waals surface area contributed by atoms with Gasteiger partial charge in [-0.05, 0) is 47.5 Å². The van der Waals surface area contributed by atoms with Crippen molar-refractivity contribution >= 4 is 40.0 Å². The van der Waals surface area contributed by atoms with E-state index in [1.54, 1.807) is 0 Å². The van der Waals surface area contributed by atoms with Gasteiger partial charge in [-0.15, -0.1) is 0 Å². The maximum absolute atomic E-state index is 13.1. The monoisotopic (exact) mass is 493 g/mol. The minimum Gasteiger partial charge on any atom is -0.342 e. The first kappa shape index (κ1) is 23.1. The van der Waals surface area contributed by atoms with Crippen LogP contribution in [-0.4, -0.2) is 27.4 Å². The number of carbonyl (C=O) groups is 1. The van der Waals surface area contributed by atoms with E-state index in [2.05, 4.69) is 9.97 Å². The summed E-state index contributed by atoms with van der Waals surface area (Å²) in [6.45, 7) is 2.39. The molecule has 3 aromatic carbocycles. The molecule has 0 radical (unpaired) electrons. The molecule has 1 aromatic heterocycles. The number of carbonyl (C=O) groups excluding carboxylic acids is 1. The second-order valence-electron chi connectivity index (χ2n) is 8.67. The first-order valence-corrected chi connectivity index (χ1v) is 12.1. The van der Waals surface area contributed by atoms with Gasteiger partial charge in [0.15, 0.2) is 0 Å². The van der Waals surface area contributed by atoms with Crippen molar-refractivity contribution in [2.45, 2.75) is 31.8 Å². The zero-order chi connectivity index (χ0) is 23.7. The molecule has 4 aromatic rings. The van der Waals surface area contributed by atoms with Gasteiger partial charge in [-0.3, -0.25) is 9.63 Å². The summed E-state index contributed by atoms with van der Waals surface area (Å²) in [5.74, 6) is 0.849. The third-order valence-electron chi connectivity index (χ3n) is 6.44. The van der Waals surface area contributed by atoms with Gasteiger partial charge in [0.05, 0.1) is 29.7 Å². The molecule has 0 unspecified atom stereocenters. The maximum Gasteiger partial charge on any atom is 0.139 e. The Morgan fingerprint density at radius 2 is 1.62 bits per heavy atom. The van der Waals surface area contributed by atoms with Crippen LogP contribution in [0.2, 0.25) is 10.0 Å². The van der Waals surface area contributed by atoms with E-state index in [0.717, 1.165) is 28.0 Å². The third-order valence-corrected chi connectivity index (χ3v) is 6.95. The number of halogens is 2. The second kappa shape index (κ2) is 9.88. The van der Waals surface area contributed by atoms with Crippen LogP contribution >= 0.6 is 23.2 Å². The molecule has 1 saturated heterocycles. The Bertz CT molecular complexity index is 1250. The highest BCUT2D eigenvalue weighted by molar-refractivity contribution is 6.30. The number of aromatic nitrogens is 2. The molecule has 0 aliphatic carbocycles. The lowest BCUT2D eigenvalue weighted by molar-refractivity contribution is -0.237. The molecular formula is C27H25Cl2N3O2. The highest BCUT2D eigenvalue weighted by Crippen LogP contribution is 2.43. The largest absolute Gasteiger partial charge is 0.342 e. The van der Waals surface area contributed by atoms with Gasteiger partial charge < -0.3 is 4.98 Å². The van der Waals surface area contributed by atoms with Crippen molar-refractivity contribution < 1.29 is 9.63 Å². The number of aromatic amines is 1. The molecule has 1 aliphatic rings. The van der Waals surface area contributed by atoms with Gasteiger partial charge in [0.25, 0.3) is 0 Å². The number of hydrogen-bond donors (Lipinski definition) is 1. The number of ketones is 1. The second-order valence-corrected chi connectivity index (χ2v) is 9.54. The van der Waals surface area contributed by atoms with E-state index in [1.807, 2.05) is 84.8 Å². The van der Waals surface area contributed by atoms with Crippen LogP contribution in [0.1, 0.15) is 42.4 Å². The van der Waals surface area contributed by atoms with E-state index < -0.39 is 0 Å². The number of H-pyrrole nitrogens is 1. The summed E-state index contributed by atoms with van der Waals surface area (Å²) < 4.78 is 0. The number of nitrogens with one attached hydrogen (secondary N) is 1. The van der Waals surface area contributed by atoms with Crippen LogP contribution in [0.15, 0.2) is 72.8 Å². The molecule has 174 valence electrons. The standard InChI is InChI=1S/C27H25Cl2N3O2/c1-17-25(33)16-24(18-6-10-20(28)11-7-18)32(27(17)19-8-12-21(29)13-9-19)34-15-14-26-30-22-4-2-3-5-23(22)31-26/h2-13,17,24,27H,14-16H2,1H3,(H,30,31)/t17-,24+,27-/m0/s1. The topological polar surface area (TPSA) is 58.2 Å². The zero-order valence-electron chi connectivity index (χ0n) is 18.7. The molecule has 34 heavy (non-hydrogen) atoms. The average Bonchev–Trinajstić information content (AvgIpc) is 3.25. The highest BCUT2D eigenvalue weighted by atomic mass is 35.5. The van der Waals surface area contributed by atoms with Crippen molar-refractivity contribution in [2.75, 3.05) is 6.61 Å². The molecule has 3 atom stereocenters. The van der Waals surface area contributed by atoms with E-state index in [4.69, 9.17) is 28.0 Å². The Labute approximate surface area is 208 Å². The fraction of sp³-hybridized carbons (Fsp3) is 0.259. The predicted octanol–water partition coefficient (Wildman–Crippen LogP) is 6.74. The Balaban J connectivity index is 1.44. The lowest BCUT2D eigenvalue weighted by Gasteiger charge is -2.44. The number of piperidine rings is 1. The van der Waals surface area contributed by atoms with E-state index in [-0.39, 0.29) is 23.8 Å². The van der Waals surface area contributed by atoms with Crippen molar-refractivity contribution in [3.05, 3.63) is 99.8 Å². The summed E-state index contributed by atoms with van der Waals surface area (Å²) in [6, 6.07) is 22.8. The molecule has 1 aliphatic heterocycles. The van der Waals surface area contributed by atoms with Crippen molar-refractivity contribution in [3.8, 4) is 0 Å². The van der Waals surface area contributed by atoms with Gasteiger partial charge >= 0.3 is 0 Å². The van der Waals surface area contributed by atoms with Gasteiger partial charge in [-0.2, -0.15) is 5.06 Å². The first-order valence-electron chi connectivity index (χ1n) is 11.4. The number of hydrogen-bond acceptors (Lipinski definition) is 4. The quantitative estimate of drug-likeness (QED) is 0.323. The molecule has 1 fully saturated rings. The maximum atomic E-state index is 13.1. The van der Waals surface area contributed by atoms with Gasteiger partial charge in [0, 0.05) is 28.8 Å². The van der Waals surface area contributed by atoms with Crippen LogP contribution in [0, 0.1) is 5.92 Å². The van der Waals surface area contributed by atoms with Crippen molar-refractivity contribution in [1.29, 1.82) is 0 Å². The van der Waals surface area contributed by atoms with E-state index >= 15 is 0 Å². The van der Waals surface area contributed by atoms with Crippen LogP contribution in [0.4, 0.5) is 0 Å². The smallest absolute Gasteiger partial charge is 0.139 e. The van der Waals surface area contributed by atoms with E-state index in [0.29, 0.717) is 29.5 Å². The molecule has 0 saturated carbocycles. The highest BCUT2D eigenvalue weighted by Gasteiger charge is 2.42. The van der Waals surface area contributed by atoms with Crippen LogP contribution in [0.5, 0.6) is 0 Å². The van der Waals surface area contributed by atoms with Gasteiger partial charge in [0.2, 0.25) is 0 Å². The number of para-hydroxylation sites is 2. The van der Waals surface area contributed by atoms with Crippen LogP contribution in [0.3, 0.4) is 0 Å². The van der Waals surface area contributed by atoms with Crippen LogP contribution in [0.25, 0.3) is 11.0 Å². The van der Waals surface area contributed by atoms with Gasteiger partial charge in [0.1, 0.15) is 11.6 Å². The summed E-state index contributed by atoms with van der Waals surface area (Å²) in [5.41, 5.74) is 3.93. The Hall–Kier alpha value is -2.70. The third kappa shape index (κ3) is 4.75. The molecule has 0 amide bonds. The molecule has 5 nitrogen and oxygen atoms in total. The molecule has 0 bridgehead atoms. The summed E-state index contributed by atoms with van der Waals surface area (Å²) in [7, 11) is 0. The van der Waals surface area contributed by atoms with E-state index in [9.17, 15) is 4.79 Å². The molecule has 0 spiro atoms. The van der Waals surface area contributed by atoms with Crippen molar-refractivity contribution in [3.63, 3.8) is 0 Å². The number of fused-ring (bicyclic) bond motifs is 1. The molecule has 1 N–H and O–H groups in total. The summed E-state index contributed by atoms with van der Waals surface area (Å²) >= 11 is 12.3. The number of imidazole rings is 1. The summed E-state index contributed by atoms with van der Waals surface area (Å²) in [6.07, 6.45) is 0.992. The van der Waals surface area contributed by atoms with Gasteiger partial charge in [-0.25, -0.2) is 4.98 Å². The van der Waals surface area contributed by atoms with Crippen molar-refractivity contribution in [2.24, 2.45) is 5.92 Å². The van der Waals surface area contributed by atoms with Crippen molar-refractivity contribution in [1.82, 2.24) is 15.0 Å². The minimum atomic E-state index is -0.241. The molecular weight excluding hydrogens is 469 g/mol. The van der Waals surface area contributed by atoms with Crippen LogP contribution in [-0.2, 0) is 16.1 Å². The molecule has 2 heterocycles. The fourth-order valence-corrected chi connectivity index (χ4v) is 4.90. The first-order chi connectivity index (χ1) is 16.5. The SMILES string of the molecule is C[C@H]1C(=O)C[C@H](c2ccc(Cl)cc2)N(OCCc2nc3ccccc3[nH]2)[C@@H]1c1ccc(Cl)cc1. The average molecular weight is 494 g/mol. The summed E-state index contributed by atoms with van der Waals surface area (Å²) in [4.78, 5) is 27.6. The molecule has 7 heteroatoms. The number of rotatable bonds is 6. The summed E-state index contributed by atoms with van der Waals surface area (Å²) in [5, 5.41) is 3.30. The Morgan fingerprint density at radius 1 is 0.971 bits per heavy atom. The van der Waals surface area contributed by atoms with E-state index in [1.165, 1.54) is 0 Å². The predicted molar refractivity (Wildman–Crippen MR) is 135 cm³/mol. The zero-order valence-corrected chi connectivity index (χ0v) is 20.3. The molecule has 5 rings (SSSR count). The fourth-order valence-electron chi connectivity index (χ4n) is 4.64. The lowest BCUT2D eigenvalue weighted by atomic mass is 9.81. The lowest BCUT2D eigenvalue weighted by Crippen LogP contribution is -2.45.